The number of hydrogen-bond donors (Lipinski definition) is 0. The number of rotatable bonds is 4. The van der Waals surface area contributed by atoms with E-state index in [1.807, 2.05) is 18.3 Å². The standard InChI is InChI=1S/C20H23BrN4/c1-2-23-8-10-24(11-9-23)14-16-4-3-5-17(12-16)19-13-22-20-7-6-18(21)15-25(19)20/h3-7,12-13,15H,2,8-11,14H2,1H3. The maximum absolute atomic E-state index is 4.53. The number of aromatic nitrogens is 2. The zero-order valence-corrected chi connectivity index (χ0v) is 16.1. The number of fused-ring (bicyclic) bond motifs is 1. The first kappa shape index (κ1) is 16.8. The van der Waals surface area contributed by atoms with Crippen LogP contribution in [0.4, 0.5) is 0 Å². The highest BCUT2D eigenvalue weighted by Crippen LogP contribution is 2.24. The van der Waals surface area contributed by atoms with Gasteiger partial charge in [-0.25, -0.2) is 4.98 Å². The van der Waals surface area contributed by atoms with Crippen LogP contribution in [0.3, 0.4) is 0 Å². The molecule has 25 heavy (non-hydrogen) atoms. The third kappa shape index (κ3) is 3.64. The van der Waals surface area contributed by atoms with Gasteiger partial charge in [0.25, 0.3) is 0 Å². The minimum absolute atomic E-state index is 0.972. The van der Waals surface area contributed by atoms with E-state index in [-0.39, 0.29) is 0 Å². The average molecular weight is 399 g/mol. The van der Waals surface area contributed by atoms with Crippen LogP contribution in [0.1, 0.15) is 12.5 Å². The molecular formula is C20H23BrN4. The van der Waals surface area contributed by atoms with Gasteiger partial charge < -0.3 is 4.90 Å². The Labute approximate surface area is 157 Å². The van der Waals surface area contributed by atoms with E-state index in [0.717, 1.165) is 42.0 Å². The molecular weight excluding hydrogens is 376 g/mol. The molecule has 3 aromatic rings. The summed E-state index contributed by atoms with van der Waals surface area (Å²) < 4.78 is 3.20. The molecule has 0 aliphatic carbocycles. The third-order valence-corrected chi connectivity index (χ3v) is 5.48. The maximum Gasteiger partial charge on any atom is 0.137 e. The third-order valence-electron chi connectivity index (χ3n) is 5.01. The van der Waals surface area contributed by atoms with Gasteiger partial charge in [-0.05, 0) is 46.2 Å². The quantitative estimate of drug-likeness (QED) is 0.665. The predicted molar refractivity (Wildman–Crippen MR) is 106 cm³/mol. The molecule has 0 atom stereocenters. The van der Waals surface area contributed by atoms with Crippen molar-refractivity contribution >= 4 is 21.6 Å². The van der Waals surface area contributed by atoms with Crippen molar-refractivity contribution in [2.75, 3.05) is 32.7 Å². The minimum Gasteiger partial charge on any atom is -0.301 e. The number of pyridine rings is 1. The van der Waals surface area contributed by atoms with Gasteiger partial charge in [0.2, 0.25) is 0 Å². The van der Waals surface area contributed by atoms with Gasteiger partial charge in [0.15, 0.2) is 0 Å². The molecule has 0 bridgehead atoms. The van der Waals surface area contributed by atoms with E-state index in [2.05, 4.69) is 72.5 Å². The Morgan fingerprint density at radius 2 is 1.84 bits per heavy atom. The van der Waals surface area contributed by atoms with E-state index in [4.69, 9.17) is 0 Å². The van der Waals surface area contributed by atoms with Crippen LogP contribution in [0.2, 0.25) is 0 Å². The smallest absolute Gasteiger partial charge is 0.137 e. The molecule has 0 radical (unpaired) electrons. The molecule has 1 aliphatic heterocycles. The normalized spacial score (nSPS) is 16.6. The Kier molecular flexibility index (Phi) is 4.88. The highest BCUT2D eigenvalue weighted by molar-refractivity contribution is 9.10. The van der Waals surface area contributed by atoms with Gasteiger partial charge in [0.1, 0.15) is 5.65 Å². The first-order valence-corrected chi connectivity index (χ1v) is 9.69. The Balaban J connectivity index is 1.56. The van der Waals surface area contributed by atoms with E-state index in [1.54, 1.807) is 0 Å². The van der Waals surface area contributed by atoms with Gasteiger partial charge in [0.05, 0.1) is 11.9 Å². The fourth-order valence-electron chi connectivity index (χ4n) is 3.52. The summed E-state index contributed by atoms with van der Waals surface area (Å²) in [5.74, 6) is 0. The Hall–Kier alpha value is -1.69. The second-order valence-corrected chi connectivity index (χ2v) is 7.55. The van der Waals surface area contributed by atoms with Crippen molar-refractivity contribution in [3.8, 4) is 11.3 Å². The van der Waals surface area contributed by atoms with Gasteiger partial charge in [-0.1, -0.05) is 25.1 Å². The lowest BCUT2D eigenvalue weighted by molar-refractivity contribution is 0.132. The van der Waals surface area contributed by atoms with Crippen molar-refractivity contribution < 1.29 is 0 Å². The highest BCUT2D eigenvalue weighted by atomic mass is 79.9. The Morgan fingerprint density at radius 3 is 2.64 bits per heavy atom. The molecule has 5 heteroatoms. The van der Waals surface area contributed by atoms with Gasteiger partial charge in [-0.15, -0.1) is 0 Å². The fourth-order valence-corrected chi connectivity index (χ4v) is 3.86. The highest BCUT2D eigenvalue weighted by Gasteiger charge is 2.16. The maximum atomic E-state index is 4.53. The molecule has 1 fully saturated rings. The Bertz CT molecular complexity index is 865. The molecule has 1 saturated heterocycles. The van der Waals surface area contributed by atoms with Crippen LogP contribution in [0, 0.1) is 0 Å². The van der Waals surface area contributed by atoms with Crippen LogP contribution in [0.25, 0.3) is 16.9 Å². The van der Waals surface area contributed by atoms with Crippen molar-refractivity contribution in [3.05, 3.63) is 58.8 Å². The lowest BCUT2D eigenvalue weighted by Crippen LogP contribution is -2.45. The fraction of sp³-hybridized carbons (Fsp3) is 0.350. The second-order valence-electron chi connectivity index (χ2n) is 6.63. The van der Waals surface area contributed by atoms with E-state index in [9.17, 15) is 0 Å². The SMILES string of the molecule is CCN1CCN(Cc2cccc(-c3cnc4ccc(Br)cn34)c2)CC1. The lowest BCUT2D eigenvalue weighted by atomic mass is 10.1. The summed E-state index contributed by atoms with van der Waals surface area (Å²) in [6, 6.07) is 12.9. The van der Waals surface area contributed by atoms with Crippen LogP contribution in [-0.2, 0) is 6.54 Å². The molecule has 0 saturated carbocycles. The molecule has 2 aromatic heterocycles. The van der Waals surface area contributed by atoms with Gasteiger partial charge >= 0.3 is 0 Å². The first-order chi connectivity index (χ1) is 12.2. The molecule has 3 heterocycles. The van der Waals surface area contributed by atoms with Gasteiger partial charge in [-0.3, -0.25) is 9.30 Å². The van der Waals surface area contributed by atoms with Crippen molar-refractivity contribution in [1.29, 1.82) is 0 Å². The zero-order chi connectivity index (χ0) is 17.2. The van der Waals surface area contributed by atoms with E-state index >= 15 is 0 Å². The van der Waals surface area contributed by atoms with Crippen LogP contribution >= 0.6 is 15.9 Å². The predicted octanol–water partition coefficient (Wildman–Crippen LogP) is 3.90. The van der Waals surface area contributed by atoms with Crippen molar-refractivity contribution in [2.45, 2.75) is 13.5 Å². The lowest BCUT2D eigenvalue weighted by Gasteiger charge is -2.34. The number of benzene rings is 1. The molecule has 1 aliphatic rings. The van der Waals surface area contributed by atoms with Crippen LogP contribution in [0.5, 0.6) is 0 Å². The topological polar surface area (TPSA) is 23.8 Å². The van der Waals surface area contributed by atoms with Crippen LogP contribution in [0.15, 0.2) is 53.3 Å². The number of halogens is 1. The summed E-state index contributed by atoms with van der Waals surface area (Å²) in [7, 11) is 0. The number of likely N-dealkylation sites (N-methyl/N-ethyl adjacent to an activating group) is 1. The number of imidazole rings is 1. The molecule has 130 valence electrons. The Morgan fingerprint density at radius 1 is 1.04 bits per heavy atom. The number of nitrogens with zero attached hydrogens (tertiary/aromatic N) is 4. The largest absolute Gasteiger partial charge is 0.301 e. The molecule has 0 amide bonds. The minimum atomic E-state index is 0.972. The van der Waals surface area contributed by atoms with Crippen LogP contribution < -0.4 is 0 Å². The van der Waals surface area contributed by atoms with E-state index in [0.29, 0.717) is 0 Å². The molecule has 1 aromatic carbocycles. The van der Waals surface area contributed by atoms with Crippen molar-refractivity contribution in [2.24, 2.45) is 0 Å². The summed E-state index contributed by atoms with van der Waals surface area (Å²) in [5, 5.41) is 0. The summed E-state index contributed by atoms with van der Waals surface area (Å²) in [4.78, 5) is 9.59. The molecule has 4 nitrogen and oxygen atoms in total. The number of piperazine rings is 1. The molecule has 4 rings (SSSR count). The van der Waals surface area contributed by atoms with Gasteiger partial charge in [0, 0.05) is 49.0 Å². The van der Waals surface area contributed by atoms with Gasteiger partial charge in [-0.2, -0.15) is 0 Å². The summed E-state index contributed by atoms with van der Waals surface area (Å²) in [6.07, 6.45) is 4.04. The molecule has 0 N–H and O–H groups in total. The summed E-state index contributed by atoms with van der Waals surface area (Å²) in [6.45, 7) is 9.09. The van der Waals surface area contributed by atoms with Crippen LogP contribution in [-0.4, -0.2) is 51.9 Å². The average Bonchev–Trinajstić information content (AvgIpc) is 3.05. The first-order valence-electron chi connectivity index (χ1n) is 8.89. The van der Waals surface area contributed by atoms with Crippen molar-refractivity contribution in [1.82, 2.24) is 19.2 Å². The van der Waals surface area contributed by atoms with Crippen molar-refractivity contribution in [3.63, 3.8) is 0 Å². The monoisotopic (exact) mass is 398 g/mol. The summed E-state index contributed by atoms with van der Waals surface area (Å²) in [5.41, 5.74) is 4.69. The number of hydrogen-bond acceptors (Lipinski definition) is 3. The zero-order valence-electron chi connectivity index (χ0n) is 14.5. The molecule has 0 unspecified atom stereocenters. The van der Waals surface area contributed by atoms with E-state index < -0.39 is 0 Å². The second kappa shape index (κ2) is 7.28. The van der Waals surface area contributed by atoms with E-state index in [1.165, 1.54) is 24.2 Å². The molecule has 0 spiro atoms. The summed E-state index contributed by atoms with van der Waals surface area (Å²) >= 11 is 3.56.